The number of aromatic nitrogens is 4. The number of carbonyl (C=O) groups is 1. The van der Waals surface area contributed by atoms with Crippen molar-refractivity contribution in [2.24, 2.45) is 0 Å². The molecule has 0 radical (unpaired) electrons. The molecule has 5 rings (SSSR count). The van der Waals surface area contributed by atoms with Crippen molar-refractivity contribution in [1.82, 2.24) is 19.3 Å². The Labute approximate surface area is 194 Å². The molecule has 1 N–H and O–H groups in total. The molecule has 1 fully saturated rings. The van der Waals surface area contributed by atoms with Crippen LogP contribution in [0.15, 0.2) is 65.8 Å². The molecule has 2 aromatic carbocycles. The zero-order valence-electron chi connectivity index (χ0n) is 17.6. The summed E-state index contributed by atoms with van der Waals surface area (Å²) in [6.07, 6.45) is 2.79. The highest BCUT2D eigenvalue weighted by Crippen LogP contribution is 2.22. The molecule has 1 aliphatic rings. The average Bonchev–Trinajstić information content (AvgIpc) is 3.27. The van der Waals surface area contributed by atoms with E-state index in [1.807, 2.05) is 36.4 Å². The van der Waals surface area contributed by atoms with E-state index >= 15 is 0 Å². The molecule has 1 aliphatic heterocycles. The van der Waals surface area contributed by atoms with Gasteiger partial charge in [0.15, 0.2) is 5.65 Å². The molecule has 1 saturated heterocycles. The Morgan fingerprint density at radius 3 is 2.61 bits per heavy atom. The molecule has 3 heterocycles. The van der Waals surface area contributed by atoms with E-state index in [1.165, 1.54) is 21.8 Å². The molecule has 168 valence electrons. The number of carbonyl (C=O) groups excluding carboxylic acids is 1. The molecule has 0 saturated carbocycles. The summed E-state index contributed by atoms with van der Waals surface area (Å²) >= 11 is 6.25. The van der Waals surface area contributed by atoms with E-state index < -0.39 is 0 Å². The lowest BCUT2D eigenvalue weighted by Gasteiger charge is -2.28. The third kappa shape index (κ3) is 4.33. The summed E-state index contributed by atoms with van der Waals surface area (Å²) in [5, 5.41) is 7.89. The van der Waals surface area contributed by atoms with Gasteiger partial charge in [0.1, 0.15) is 18.3 Å². The number of fused-ring (bicyclic) bond motifs is 1. The van der Waals surface area contributed by atoms with E-state index in [0.29, 0.717) is 40.6 Å². The zero-order valence-corrected chi connectivity index (χ0v) is 18.4. The van der Waals surface area contributed by atoms with Crippen molar-refractivity contribution in [3.8, 4) is 5.69 Å². The summed E-state index contributed by atoms with van der Waals surface area (Å²) in [4.78, 5) is 32.1. The number of anilines is 2. The fourth-order valence-corrected chi connectivity index (χ4v) is 4.01. The van der Waals surface area contributed by atoms with Gasteiger partial charge in [0.25, 0.3) is 5.56 Å². The lowest BCUT2D eigenvalue weighted by Crippen LogP contribution is -2.36. The van der Waals surface area contributed by atoms with E-state index in [1.54, 1.807) is 12.1 Å². The van der Waals surface area contributed by atoms with Gasteiger partial charge in [0.05, 0.1) is 30.1 Å². The fraction of sp³-hybridized carbons (Fsp3) is 0.217. The first-order valence-electron chi connectivity index (χ1n) is 10.5. The summed E-state index contributed by atoms with van der Waals surface area (Å²) in [6, 6.07) is 14.8. The van der Waals surface area contributed by atoms with Crippen molar-refractivity contribution in [2.75, 3.05) is 36.5 Å². The molecule has 10 heteroatoms. The van der Waals surface area contributed by atoms with Crippen molar-refractivity contribution in [1.29, 1.82) is 0 Å². The van der Waals surface area contributed by atoms with Crippen molar-refractivity contribution < 1.29 is 9.53 Å². The lowest BCUT2D eigenvalue weighted by atomic mass is 10.2. The standard InChI is InChI=1S/C23H21ClN6O3/c24-19-3-1-2-4-20(19)30-22-18(13-26-30)23(32)29(15-25-22)14-21(31)27-16-5-7-17(8-6-16)28-9-11-33-12-10-28/h1-8,13,15H,9-12,14H2,(H,27,31). The van der Waals surface area contributed by atoms with Gasteiger partial charge >= 0.3 is 0 Å². The topological polar surface area (TPSA) is 94.3 Å². The van der Waals surface area contributed by atoms with E-state index in [9.17, 15) is 9.59 Å². The monoisotopic (exact) mass is 464 g/mol. The summed E-state index contributed by atoms with van der Waals surface area (Å²) in [5.41, 5.74) is 2.39. The SMILES string of the molecule is O=C(Cn1cnc2c(cnn2-c2ccccc2Cl)c1=O)Nc1ccc(N2CCOCC2)cc1. The van der Waals surface area contributed by atoms with Crippen LogP contribution < -0.4 is 15.8 Å². The number of hydrogen-bond acceptors (Lipinski definition) is 6. The quantitative estimate of drug-likeness (QED) is 0.488. The largest absolute Gasteiger partial charge is 0.378 e. The molecule has 0 atom stereocenters. The van der Waals surface area contributed by atoms with Crippen LogP contribution in [0, 0.1) is 0 Å². The summed E-state index contributed by atoms with van der Waals surface area (Å²) < 4.78 is 8.15. The van der Waals surface area contributed by atoms with Crippen molar-refractivity contribution in [3.05, 3.63) is 76.4 Å². The van der Waals surface area contributed by atoms with Crippen molar-refractivity contribution in [3.63, 3.8) is 0 Å². The number of hydrogen-bond donors (Lipinski definition) is 1. The minimum atomic E-state index is -0.351. The number of halogens is 1. The van der Waals surface area contributed by atoms with Crippen molar-refractivity contribution >= 4 is 39.9 Å². The minimum Gasteiger partial charge on any atom is -0.378 e. The van der Waals surface area contributed by atoms with Gasteiger partial charge in [-0.3, -0.25) is 14.2 Å². The maximum atomic E-state index is 12.9. The number of amides is 1. The maximum absolute atomic E-state index is 12.9. The Hall–Kier alpha value is -3.69. The first kappa shape index (κ1) is 21.2. The van der Waals surface area contributed by atoms with Crippen LogP contribution in [0.5, 0.6) is 0 Å². The van der Waals surface area contributed by atoms with Gasteiger partial charge in [-0.1, -0.05) is 23.7 Å². The molecular formula is C23H21ClN6O3. The molecule has 0 unspecified atom stereocenters. The van der Waals surface area contributed by atoms with Gasteiger partial charge in [-0.2, -0.15) is 5.10 Å². The second-order valence-electron chi connectivity index (χ2n) is 7.62. The predicted octanol–water partition coefficient (Wildman–Crippen LogP) is 2.71. The second-order valence-corrected chi connectivity index (χ2v) is 8.02. The number of morpholine rings is 1. The average molecular weight is 465 g/mol. The highest BCUT2D eigenvalue weighted by Gasteiger charge is 2.15. The molecular weight excluding hydrogens is 444 g/mol. The Bertz CT molecular complexity index is 1360. The molecule has 0 bridgehead atoms. The van der Waals surface area contributed by atoms with Gasteiger partial charge in [-0.15, -0.1) is 0 Å². The summed E-state index contributed by atoms with van der Waals surface area (Å²) in [5.74, 6) is -0.323. The molecule has 0 spiro atoms. The van der Waals surface area contributed by atoms with Crippen LogP contribution in [0.2, 0.25) is 5.02 Å². The molecule has 4 aromatic rings. The lowest BCUT2D eigenvalue weighted by molar-refractivity contribution is -0.116. The first-order chi connectivity index (χ1) is 16.1. The Morgan fingerprint density at radius 1 is 1.09 bits per heavy atom. The number of benzene rings is 2. The molecule has 33 heavy (non-hydrogen) atoms. The van der Waals surface area contributed by atoms with Crippen LogP contribution in [0.3, 0.4) is 0 Å². The summed E-state index contributed by atoms with van der Waals surface area (Å²) in [6.45, 7) is 2.95. The van der Waals surface area contributed by atoms with E-state index in [-0.39, 0.29) is 18.0 Å². The van der Waals surface area contributed by atoms with Crippen LogP contribution in [0.4, 0.5) is 11.4 Å². The smallest absolute Gasteiger partial charge is 0.264 e. The third-order valence-electron chi connectivity index (χ3n) is 5.48. The number of ether oxygens (including phenoxy) is 1. The maximum Gasteiger partial charge on any atom is 0.264 e. The van der Waals surface area contributed by atoms with Gasteiger partial charge in [0, 0.05) is 24.5 Å². The third-order valence-corrected chi connectivity index (χ3v) is 5.80. The Kier molecular flexibility index (Phi) is 5.80. The molecule has 9 nitrogen and oxygen atoms in total. The number of nitrogens with one attached hydrogen (secondary N) is 1. The Morgan fingerprint density at radius 2 is 1.85 bits per heavy atom. The van der Waals surface area contributed by atoms with Gasteiger partial charge < -0.3 is 15.0 Å². The first-order valence-corrected chi connectivity index (χ1v) is 10.9. The number of para-hydroxylation sites is 1. The highest BCUT2D eigenvalue weighted by atomic mass is 35.5. The second kappa shape index (κ2) is 9.05. The minimum absolute atomic E-state index is 0.162. The van der Waals surface area contributed by atoms with Gasteiger partial charge in [-0.25, -0.2) is 9.67 Å². The molecule has 0 aliphatic carbocycles. The van der Waals surface area contributed by atoms with Crippen LogP contribution in [-0.2, 0) is 16.1 Å². The van der Waals surface area contributed by atoms with Crippen LogP contribution in [-0.4, -0.2) is 51.5 Å². The van der Waals surface area contributed by atoms with Gasteiger partial charge in [-0.05, 0) is 36.4 Å². The van der Waals surface area contributed by atoms with Gasteiger partial charge in [0.2, 0.25) is 5.91 Å². The normalized spacial score (nSPS) is 13.9. The highest BCUT2D eigenvalue weighted by molar-refractivity contribution is 6.32. The molecule has 1 amide bonds. The van der Waals surface area contributed by atoms with E-state index in [4.69, 9.17) is 16.3 Å². The number of nitrogens with zero attached hydrogens (tertiary/aromatic N) is 5. The molecule has 2 aromatic heterocycles. The zero-order chi connectivity index (χ0) is 22.8. The van der Waals surface area contributed by atoms with Crippen LogP contribution in [0.1, 0.15) is 0 Å². The van der Waals surface area contributed by atoms with Crippen LogP contribution >= 0.6 is 11.6 Å². The van der Waals surface area contributed by atoms with E-state index in [0.717, 1.165) is 18.8 Å². The summed E-state index contributed by atoms with van der Waals surface area (Å²) in [7, 11) is 0. The number of rotatable bonds is 5. The Balaban J connectivity index is 1.31. The predicted molar refractivity (Wildman–Crippen MR) is 126 cm³/mol. The van der Waals surface area contributed by atoms with Crippen molar-refractivity contribution in [2.45, 2.75) is 6.54 Å². The van der Waals surface area contributed by atoms with E-state index in [2.05, 4.69) is 20.3 Å². The van der Waals surface area contributed by atoms with Crippen LogP contribution in [0.25, 0.3) is 16.7 Å². The fourth-order valence-electron chi connectivity index (χ4n) is 3.79.